The topological polar surface area (TPSA) is 63.8 Å². The minimum absolute atomic E-state index is 0.259. The summed E-state index contributed by atoms with van der Waals surface area (Å²) in [6, 6.07) is 13.9. The number of nitrogens with one attached hydrogen (secondary N) is 1. The zero-order valence-corrected chi connectivity index (χ0v) is 12.5. The second-order valence-electron chi connectivity index (χ2n) is 4.56. The molecule has 0 fully saturated rings. The van der Waals surface area contributed by atoms with E-state index in [9.17, 15) is 0 Å². The zero-order valence-electron chi connectivity index (χ0n) is 10.9. The molecule has 3 rings (SSSR count). The molecule has 0 radical (unpaired) electrons. The molecule has 0 saturated heterocycles. The predicted molar refractivity (Wildman–Crippen MR) is 86.1 cm³/mol. The zero-order chi connectivity index (χ0) is 14.1. The van der Waals surface area contributed by atoms with Crippen LogP contribution in [0.4, 0.5) is 17.5 Å². The Hall–Kier alpha value is -2.14. The SMILES string of the molecule is Cc1ccc(Nc2nc(N)nc3ccccc23)c(Br)c1. The number of hydrogen-bond acceptors (Lipinski definition) is 4. The first-order valence-electron chi connectivity index (χ1n) is 6.19. The molecule has 5 heteroatoms. The monoisotopic (exact) mass is 328 g/mol. The summed E-state index contributed by atoms with van der Waals surface area (Å²) in [6.07, 6.45) is 0. The smallest absolute Gasteiger partial charge is 0.222 e. The molecule has 0 amide bonds. The summed E-state index contributed by atoms with van der Waals surface area (Å²) < 4.78 is 0.985. The molecule has 2 aromatic carbocycles. The lowest BCUT2D eigenvalue weighted by Gasteiger charge is -2.11. The van der Waals surface area contributed by atoms with Crippen molar-refractivity contribution in [2.45, 2.75) is 6.92 Å². The number of fused-ring (bicyclic) bond motifs is 1. The highest BCUT2D eigenvalue weighted by atomic mass is 79.9. The number of anilines is 3. The second-order valence-corrected chi connectivity index (χ2v) is 5.41. The van der Waals surface area contributed by atoms with E-state index in [1.807, 2.05) is 43.3 Å². The summed E-state index contributed by atoms with van der Waals surface area (Å²) in [5, 5.41) is 4.24. The van der Waals surface area contributed by atoms with Gasteiger partial charge < -0.3 is 11.1 Å². The van der Waals surface area contributed by atoms with Crippen LogP contribution in [0, 0.1) is 6.92 Å². The van der Waals surface area contributed by atoms with E-state index in [4.69, 9.17) is 5.73 Å². The molecule has 0 bridgehead atoms. The average molecular weight is 329 g/mol. The molecule has 0 aliphatic heterocycles. The van der Waals surface area contributed by atoms with Crippen molar-refractivity contribution < 1.29 is 0 Å². The molecule has 1 aromatic heterocycles. The first kappa shape index (κ1) is 12.9. The van der Waals surface area contributed by atoms with Crippen LogP contribution in [0.2, 0.25) is 0 Å². The molecule has 0 unspecified atom stereocenters. The van der Waals surface area contributed by atoms with Crippen LogP contribution in [0.15, 0.2) is 46.9 Å². The van der Waals surface area contributed by atoms with Crippen molar-refractivity contribution in [3.63, 3.8) is 0 Å². The van der Waals surface area contributed by atoms with Crippen molar-refractivity contribution in [2.24, 2.45) is 0 Å². The Morgan fingerprint density at radius 1 is 1.10 bits per heavy atom. The minimum atomic E-state index is 0.259. The van der Waals surface area contributed by atoms with Gasteiger partial charge in [0, 0.05) is 9.86 Å². The van der Waals surface area contributed by atoms with Crippen LogP contribution in [0.3, 0.4) is 0 Å². The lowest BCUT2D eigenvalue weighted by molar-refractivity contribution is 1.23. The van der Waals surface area contributed by atoms with Gasteiger partial charge in [-0.25, -0.2) is 4.98 Å². The van der Waals surface area contributed by atoms with Crippen molar-refractivity contribution in [1.82, 2.24) is 9.97 Å². The van der Waals surface area contributed by atoms with Crippen LogP contribution in [-0.2, 0) is 0 Å². The molecule has 0 aliphatic carbocycles. The van der Waals surface area contributed by atoms with E-state index in [2.05, 4.69) is 37.3 Å². The number of rotatable bonds is 2. The van der Waals surface area contributed by atoms with Gasteiger partial charge in [-0.05, 0) is 52.7 Å². The van der Waals surface area contributed by atoms with E-state index in [0.29, 0.717) is 5.82 Å². The predicted octanol–water partition coefficient (Wildman–Crippen LogP) is 4.03. The third kappa shape index (κ3) is 2.44. The van der Waals surface area contributed by atoms with Crippen LogP contribution >= 0.6 is 15.9 Å². The molecule has 0 aliphatic rings. The molecule has 0 atom stereocenters. The quantitative estimate of drug-likeness (QED) is 0.745. The van der Waals surface area contributed by atoms with Crippen molar-refractivity contribution in [2.75, 3.05) is 11.1 Å². The van der Waals surface area contributed by atoms with E-state index < -0.39 is 0 Å². The third-order valence-electron chi connectivity index (χ3n) is 3.00. The Morgan fingerprint density at radius 2 is 1.90 bits per heavy atom. The standard InChI is InChI=1S/C15H13BrN4/c1-9-6-7-13(11(16)8-9)18-14-10-4-2-3-5-12(10)19-15(17)20-14/h2-8H,1H3,(H3,17,18,19,20). The Labute approximate surface area is 125 Å². The van der Waals surface area contributed by atoms with Crippen LogP contribution in [0.1, 0.15) is 5.56 Å². The Morgan fingerprint density at radius 3 is 2.70 bits per heavy atom. The van der Waals surface area contributed by atoms with Crippen molar-refractivity contribution >= 4 is 44.3 Å². The van der Waals surface area contributed by atoms with Crippen molar-refractivity contribution in [1.29, 1.82) is 0 Å². The highest BCUT2D eigenvalue weighted by Gasteiger charge is 2.07. The maximum atomic E-state index is 5.77. The second kappa shape index (κ2) is 5.09. The van der Waals surface area contributed by atoms with Gasteiger partial charge in [0.2, 0.25) is 5.95 Å². The number of halogens is 1. The Bertz CT molecular complexity index is 786. The molecule has 3 aromatic rings. The number of nitrogen functional groups attached to an aromatic ring is 1. The number of aryl methyl sites for hydroxylation is 1. The van der Waals surface area contributed by atoms with E-state index in [1.54, 1.807) is 0 Å². The van der Waals surface area contributed by atoms with Gasteiger partial charge in [-0.3, -0.25) is 0 Å². The van der Waals surface area contributed by atoms with Crippen LogP contribution < -0.4 is 11.1 Å². The van der Waals surface area contributed by atoms with Crippen molar-refractivity contribution in [3.05, 3.63) is 52.5 Å². The number of nitrogens with zero attached hydrogens (tertiary/aromatic N) is 2. The molecule has 4 nitrogen and oxygen atoms in total. The largest absolute Gasteiger partial charge is 0.368 e. The van der Waals surface area contributed by atoms with Crippen LogP contribution in [0.5, 0.6) is 0 Å². The molecule has 20 heavy (non-hydrogen) atoms. The van der Waals surface area contributed by atoms with Gasteiger partial charge >= 0.3 is 0 Å². The summed E-state index contributed by atoms with van der Waals surface area (Å²) in [5.74, 6) is 0.965. The van der Waals surface area contributed by atoms with Gasteiger partial charge in [0.1, 0.15) is 5.82 Å². The number of benzene rings is 2. The summed E-state index contributed by atoms with van der Waals surface area (Å²) >= 11 is 3.55. The number of aromatic nitrogens is 2. The van der Waals surface area contributed by atoms with Crippen LogP contribution in [0.25, 0.3) is 10.9 Å². The molecule has 100 valence electrons. The summed E-state index contributed by atoms with van der Waals surface area (Å²) in [4.78, 5) is 8.52. The van der Waals surface area contributed by atoms with Gasteiger partial charge in [0.15, 0.2) is 0 Å². The van der Waals surface area contributed by atoms with E-state index >= 15 is 0 Å². The fourth-order valence-corrected chi connectivity index (χ4v) is 2.63. The summed E-state index contributed by atoms with van der Waals surface area (Å²) in [7, 11) is 0. The Kier molecular flexibility index (Phi) is 3.28. The molecular formula is C15H13BrN4. The average Bonchev–Trinajstić information content (AvgIpc) is 2.41. The highest BCUT2D eigenvalue weighted by molar-refractivity contribution is 9.10. The molecule has 3 N–H and O–H groups in total. The van der Waals surface area contributed by atoms with Gasteiger partial charge in [0.25, 0.3) is 0 Å². The molecule has 0 saturated carbocycles. The van der Waals surface area contributed by atoms with Gasteiger partial charge in [-0.2, -0.15) is 4.98 Å². The lowest BCUT2D eigenvalue weighted by atomic mass is 10.2. The van der Waals surface area contributed by atoms with Gasteiger partial charge in [-0.15, -0.1) is 0 Å². The summed E-state index contributed by atoms with van der Waals surface area (Å²) in [6.45, 7) is 2.05. The van der Waals surface area contributed by atoms with Gasteiger partial charge in [-0.1, -0.05) is 18.2 Å². The maximum absolute atomic E-state index is 5.77. The van der Waals surface area contributed by atoms with E-state index in [1.165, 1.54) is 5.56 Å². The maximum Gasteiger partial charge on any atom is 0.222 e. The Balaban J connectivity index is 2.10. The summed E-state index contributed by atoms with van der Waals surface area (Å²) in [5.41, 5.74) is 8.72. The molecule has 1 heterocycles. The highest BCUT2D eigenvalue weighted by Crippen LogP contribution is 2.29. The number of nitrogens with two attached hydrogens (primary N) is 1. The van der Waals surface area contributed by atoms with Gasteiger partial charge in [0.05, 0.1) is 11.2 Å². The minimum Gasteiger partial charge on any atom is -0.368 e. The molecular weight excluding hydrogens is 316 g/mol. The number of hydrogen-bond donors (Lipinski definition) is 2. The molecule has 0 spiro atoms. The first-order valence-corrected chi connectivity index (χ1v) is 6.98. The normalized spacial score (nSPS) is 10.7. The number of para-hydroxylation sites is 1. The van der Waals surface area contributed by atoms with E-state index in [-0.39, 0.29) is 5.95 Å². The first-order chi connectivity index (χ1) is 9.63. The van der Waals surface area contributed by atoms with Crippen molar-refractivity contribution in [3.8, 4) is 0 Å². The third-order valence-corrected chi connectivity index (χ3v) is 3.65. The van der Waals surface area contributed by atoms with Crippen LogP contribution in [-0.4, -0.2) is 9.97 Å². The van der Waals surface area contributed by atoms with E-state index in [0.717, 1.165) is 21.1 Å². The fraction of sp³-hybridized carbons (Fsp3) is 0.0667. The lowest BCUT2D eigenvalue weighted by Crippen LogP contribution is -2.01. The fourth-order valence-electron chi connectivity index (χ4n) is 2.04.